The minimum absolute atomic E-state index is 0.279. The maximum atomic E-state index is 11.9. The Morgan fingerprint density at radius 3 is 2.31 bits per heavy atom. The van der Waals surface area contributed by atoms with Crippen molar-refractivity contribution in [1.82, 2.24) is 15.8 Å². The first-order valence-corrected chi connectivity index (χ1v) is 17.0. The monoisotopic (exact) mass is 645 g/mol. The van der Waals surface area contributed by atoms with Crippen LogP contribution >= 0.6 is 11.8 Å². The minimum atomic E-state index is -3.39. The lowest BCUT2D eigenvalue weighted by atomic mass is 9.99. The number of hydroxylamine groups is 1. The van der Waals surface area contributed by atoms with Crippen LogP contribution in [0.25, 0.3) is 6.08 Å². The lowest BCUT2D eigenvalue weighted by Crippen LogP contribution is -2.43. The largest absolute Gasteiger partial charge is 0.355 e. The van der Waals surface area contributed by atoms with E-state index < -0.39 is 15.9 Å². The topological polar surface area (TPSA) is 162 Å². The SMILES string of the molecule is CCc1c(C#N)c(Sc2ccc(N(C)S(C)(=O)=O)cc2)nc(N2CCC(NCc3ccc(/C=C/C(=O)NO)cc3)CC2)c1C#N. The van der Waals surface area contributed by atoms with Crippen LogP contribution in [0.3, 0.4) is 0 Å². The van der Waals surface area contributed by atoms with Gasteiger partial charge in [0.2, 0.25) is 10.0 Å². The lowest BCUT2D eigenvalue weighted by Gasteiger charge is -2.34. The maximum Gasteiger partial charge on any atom is 0.267 e. The number of nitrogens with one attached hydrogen (secondary N) is 2. The molecular weight excluding hydrogens is 611 g/mol. The van der Waals surface area contributed by atoms with Gasteiger partial charge in [-0.2, -0.15) is 10.5 Å². The number of nitrogens with zero attached hydrogens (tertiary/aromatic N) is 5. The van der Waals surface area contributed by atoms with Gasteiger partial charge in [-0.25, -0.2) is 18.9 Å². The Bertz CT molecular complexity index is 1740. The molecule has 0 bridgehead atoms. The Morgan fingerprint density at radius 1 is 1.11 bits per heavy atom. The molecule has 1 fully saturated rings. The fraction of sp³-hybridized carbons (Fsp3) is 0.312. The molecule has 1 amide bonds. The molecule has 2 heterocycles. The van der Waals surface area contributed by atoms with Crippen LogP contribution in [0, 0.1) is 22.7 Å². The second kappa shape index (κ2) is 15.1. The summed E-state index contributed by atoms with van der Waals surface area (Å²) in [6.07, 6.45) is 6.23. The Balaban J connectivity index is 1.46. The van der Waals surface area contributed by atoms with E-state index in [1.807, 2.05) is 31.2 Å². The molecule has 1 aliphatic rings. The van der Waals surface area contributed by atoms with E-state index >= 15 is 0 Å². The van der Waals surface area contributed by atoms with Gasteiger partial charge in [-0.15, -0.1) is 0 Å². The number of hydrogen-bond acceptors (Lipinski definition) is 10. The van der Waals surface area contributed by atoms with Crippen LogP contribution < -0.4 is 20.0 Å². The lowest BCUT2D eigenvalue weighted by molar-refractivity contribution is -0.124. The van der Waals surface area contributed by atoms with E-state index in [2.05, 4.69) is 22.4 Å². The zero-order chi connectivity index (χ0) is 32.6. The first-order chi connectivity index (χ1) is 21.6. The third-order valence-electron chi connectivity index (χ3n) is 7.64. The van der Waals surface area contributed by atoms with Gasteiger partial charge in [0, 0.05) is 43.7 Å². The first-order valence-electron chi connectivity index (χ1n) is 14.4. The highest BCUT2D eigenvalue weighted by Crippen LogP contribution is 2.37. The molecule has 0 atom stereocenters. The number of carbonyl (C=O) groups excluding carboxylic acids is 1. The van der Waals surface area contributed by atoms with E-state index in [4.69, 9.17) is 10.2 Å². The number of amides is 1. The van der Waals surface area contributed by atoms with Gasteiger partial charge in [0.1, 0.15) is 23.0 Å². The summed E-state index contributed by atoms with van der Waals surface area (Å²) in [6, 6.07) is 19.7. The number of carbonyl (C=O) groups is 1. The summed E-state index contributed by atoms with van der Waals surface area (Å²) in [4.78, 5) is 19.0. The molecule has 2 aromatic carbocycles. The van der Waals surface area contributed by atoms with Gasteiger partial charge in [0.25, 0.3) is 5.91 Å². The first kappa shape index (κ1) is 33.5. The van der Waals surface area contributed by atoms with Crippen molar-refractivity contribution in [3.63, 3.8) is 0 Å². The Kier molecular flexibility index (Phi) is 11.2. The predicted octanol–water partition coefficient (Wildman–Crippen LogP) is 4.21. The molecule has 1 aliphatic heterocycles. The normalized spacial score (nSPS) is 13.8. The number of benzene rings is 2. The zero-order valence-corrected chi connectivity index (χ0v) is 27.0. The molecule has 0 radical (unpaired) electrons. The average molecular weight is 646 g/mol. The number of nitriles is 2. The Labute approximate surface area is 268 Å². The number of piperidine rings is 1. The molecule has 0 aliphatic carbocycles. The van der Waals surface area contributed by atoms with E-state index in [0.29, 0.717) is 59.3 Å². The highest BCUT2D eigenvalue weighted by Gasteiger charge is 2.26. The molecule has 3 aromatic rings. The molecule has 234 valence electrons. The molecule has 0 saturated carbocycles. The Morgan fingerprint density at radius 2 is 1.76 bits per heavy atom. The number of aromatic nitrogens is 1. The summed E-state index contributed by atoms with van der Waals surface area (Å²) in [5.74, 6) is -0.00109. The van der Waals surface area contributed by atoms with Crippen LogP contribution in [-0.2, 0) is 27.8 Å². The maximum absolute atomic E-state index is 11.9. The van der Waals surface area contributed by atoms with Gasteiger partial charge in [-0.1, -0.05) is 43.0 Å². The number of anilines is 2. The smallest absolute Gasteiger partial charge is 0.267 e. The molecule has 11 nitrogen and oxygen atoms in total. The van der Waals surface area contributed by atoms with Crippen molar-refractivity contribution in [1.29, 1.82) is 10.5 Å². The molecule has 3 N–H and O–H groups in total. The van der Waals surface area contributed by atoms with Gasteiger partial charge in [0.15, 0.2) is 0 Å². The molecule has 0 spiro atoms. The van der Waals surface area contributed by atoms with Crippen molar-refractivity contribution in [3.8, 4) is 12.1 Å². The van der Waals surface area contributed by atoms with Gasteiger partial charge < -0.3 is 10.2 Å². The summed E-state index contributed by atoms with van der Waals surface area (Å²) in [6.45, 7) is 4.00. The Hall–Kier alpha value is -4.40. The van der Waals surface area contributed by atoms with Gasteiger partial charge in [-0.3, -0.25) is 14.3 Å². The summed E-state index contributed by atoms with van der Waals surface area (Å²) in [5.41, 5.74) is 5.54. The molecule has 13 heteroatoms. The van der Waals surface area contributed by atoms with E-state index in [0.717, 1.165) is 35.1 Å². The fourth-order valence-corrected chi connectivity index (χ4v) is 6.43. The van der Waals surface area contributed by atoms with Crippen LogP contribution in [0.5, 0.6) is 0 Å². The number of sulfonamides is 1. The van der Waals surface area contributed by atoms with Crippen LogP contribution in [0.1, 0.15) is 47.6 Å². The summed E-state index contributed by atoms with van der Waals surface area (Å²) in [7, 11) is -1.90. The summed E-state index contributed by atoms with van der Waals surface area (Å²) < 4.78 is 25.0. The summed E-state index contributed by atoms with van der Waals surface area (Å²) >= 11 is 1.32. The number of pyridine rings is 1. The molecular formula is C32H35N7O4S2. The molecule has 45 heavy (non-hydrogen) atoms. The summed E-state index contributed by atoms with van der Waals surface area (Å²) in [5, 5.41) is 32.9. The van der Waals surface area contributed by atoms with Crippen molar-refractivity contribution in [2.75, 3.05) is 35.6 Å². The quantitative estimate of drug-likeness (QED) is 0.156. The van der Waals surface area contributed by atoms with E-state index in [1.165, 1.54) is 29.2 Å². The van der Waals surface area contributed by atoms with Crippen LogP contribution in [-0.4, -0.2) is 57.0 Å². The number of rotatable bonds is 11. The van der Waals surface area contributed by atoms with Crippen molar-refractivity contribution < 1.29 is 18.4 Å². The van der Waals surface area contributed by atoms with E-state index in [-0.39, 0.29) is 6.04 Å². The van der Waals surface area contributed by atoms with E-state index in [1.54, 1.807) is 35.8 Å². The van der Waals surface area contributed by atoms with Gasteiger partial charge in [0.05, 0.1) is 23.1 Å². The van der Waals surface area contributed by atoms with Crippen molar-refractivity contribution in [3.05, 3.63) is 82.4 Å². The predicted molar refractivity (Wildman–Crippen MR) is 174 cm³/mol. The highest BCUT2D eigenvalue weighted by atomic mass is 32.2. The van der Waals surface area contributed by atoms with Crippen molar-refractivity contribution in [2.24, 2.45) is 0 Å². The van der Waals surface area contributed by atoms with Crippen molar-refractivity contribution >= 4 is 45.3 Å². The minimum Gasteiger partial charge on any atom is -0.355 e. The van der Waals surface area contributed by atoms with Gasteiger partial charge >= 0.3 is 0 Å². The van der Waals surface area contributed by atoms with Crippen LogP contribution in [0.15, 0.2) is 64.5 Å². The third-order valence-corrected chi connectivity index (χ3v) is 9.85. The van der Waals surface area contributed by atoms with Gasteiger partial charge in [-0.05, 0) is 66.3 Å². The average Bonchev–Trinajstić information content (AvgIpc) is 3.05. The third kappa shape index (κ3) is 8.41. The second-order valence-electron chi connectivity index (χ2n) is 10.6. The fourth-order valence-electron chi connectivity index (χ4n) is 5.03. The molecule has 0 unspecified atom stereocenters. The van der Waals surface area contributed by atoms with Crippen LogP contribution in [0.2, 0.25) is 0 Å². The number of hydrogen-bond donors (Lipinski definition) is 3. The molecule has 1 aromatic heterocycles. The highest BCUT2D eigenvalue weighted by molar-refractivity contribution is 7.99. The second-order valence-corrected chi connectivity index (χ2v) is 13.6. The van der Waals surface area contributed by atoms with Crippen LogP contribution in [0.4, 0.5) is 11.5 Å². The standard InChI is InChI=1S/C32H35N7O4S2/c1-4-27-28(19-33)31(36-32(29(27)20-34)44-26-12-10-25(11-13-26)38(2)45(3,42)43)39-17-15-24(16-18-39)35-21-23-7-5-22(6-8-23)9-14-30(40)37-41/h5-14,24,35,41H,4,15-18,21H2,1-3H3,(H,37,40)/b14-9+. The zero-order valence-electron chi connectivity index (χ0n) is 25.3. The molecule has 1 saturated heterocycles. The van der Waals surface area contributed by atoms with Crippen molar-refractivity contribution in [2.45, 2.75) is 48.7 Å². The van der Waals surface area contributed by atoms with E-state index in [9.17, 15) is 23.7 Å². The molecule has 4 rings (SSSR count).